The van der Waals surface area contributed by atoms with Crippen LogP contribution in [0.25, 0.3) is 0 Å². The Hall–Kier alpha value is -0.770. The summed E-state index contributed by atoms with van der Waals surface area (Å²) in [6, 6.07) is 5.73. The quantitative estimate of drug-likeness (QED) is 0.810. The molecule has 0 saturated heterocycles. The second-order valence-electron chi connectivity index (χ2n) is 3.43. The van der Waals surface area contributed by atoms with Crippen LogP contribution in [0, 0.1) is 0 Å². The first-order valence-corrected chi connectivity index (χ1v) is 5.21. The van der Waals surface area contributed by atoms with Crippen molar-refractivity contribution in [3.05, 3.63) is 28.8 Å². The molecule has 0 amide bonds. The second-order valence-corrected chi connectivity index (χ2v) is 3.84. The highest BCUT2D eigenvalue weighted by atomic mass is 35.5. The number of aliphatic hydroxyl groups excluding tert-OH is 1. The van der Waals surface area contributed by atoms with Gasteiger partial charge in [0, 0.05) is 12.6 Å². The lowest BCUT2D eigenvalue weighted by Crippen LogP contribution is -2.28. The molecule has 0 bridgehead atoms. The van der Waals surface area contributed by atoms with Gasteiger partial charge in [-0.1, -0.05) is 17.7 Å². The highest BCUT2D eigenvalue weighted by Crippen LogP contribution is 2.24. The van der Waals surface area contributed by atoms with Crippen molar-refractivity contribution >= 4 is 11.6 Å². The Bertz CT molecular complexity index is 317. The van der Waals surface area contributed by atoms with Gasteiger partial charge in [0.2, 0.25) is 0 Å². The molecule has 1 rings (SSSR count). The van der Waals surface area contributed by atoms with Gasteiger partial charge in [0.05, 0.1) is 18.7 Å². The second kappa shape index (κ2) is 5.95. The van der Waals surface area contributed by atoms with E-state index in [1.54, 1.807) is 7.11 Å². The van der Waals surface area contributed by atoms with Gasteiger partial charge in [-0.15, -0.1) is 0 Å². The van der Waals surface area contributed by atoms with E-state index < -0.39 is 0 Å². The number of rotatable bonds is 5. The van der Waals surface area contributed by atoms with Gasteiger partial charge in [-0.3, -0.25) is 0 Å². The molecular formula is C11H16ClNO2. The summed E-state index contributed by atoms with van der Waals surface area (Å²) in [4.78, 5) is 0. The van der Waals surface area contributed by atoms with Crippen LogP contribution in [0.5, 0.6) is 5.75 Å². The van der Waals surface area contributed by atoms with Crippen LogP contribution in [0.4, 0.5) is 0 Å². The summed E-state index contributed by atoms with van der Waals surface area (Å²) in [6.07, 6.45) is 0. The fraction of sp³-hybridized carbons (Fsp3) is 0.455. The minimum atomic E-state index is 0.0888. The van der Waals surface area contributed by atoms with Crippen molar-refractivity contribution in [3.8, 4) is 5.75 Å². The molecule has 0 saturated carbocycles. The van der Waals surface area contributed by atoms with E-state index in [1.807, 2.05) is 25.1 Å². The van der Waals surface area contributed by atoms with E-state index in [1.165, 1.54) is 0 Å². The summed E-state index contributed by atoms with van der Waals surface area (Å²) >= 11 is 5.98. The molecule has 1 atom stereocenters. The topological polar surface area (TPSA) is 41.5 Å². The molecule has 0 aliphatic rings. The summed E-state index contributed by atoms with van der Waals surface area (Å²) in [5.74, 6) is 0.677. The number of benzene rings is 1. The van der Waals surface area contributed by atoms with Crippen LogP contribution < -0.4 is 10.1 Å². The summed E-state index contributed by atoms with van der Waals surface area (Å²) in [7, 11) is 1.59. The van der Waals surface area contributed by atoms with Crippen LogP contribution in [0.2, 0.25) is 5.02 Å². The van der Waals surface area contributed by atoms with Gasteiger partial charge >= 0.3 is 0 Å². The molecule has 0 heterocycles. The highest BCUT2D eigenvalue weighted by molar-refractivity contribution is 6.32. The molecule has 1 aromatic carbocycles. The van der Waals surface area contributed by atoms with Crippen molar-refractivity contribution in [2.75, 3.05) is 13.7 Å². The van der Waals surface area contributed by atoms with Crippen molar-refractivity contribution in [2.45, 2.75) is 19.5 Å². The number of methoxy groups -OCH3 is 1. The van der Waals surface area contributed by atoms with Crippen LogP contribution in [0.3, 0.4) is 0 Å². The van der Waals surface area contributed by atoms with Gasteiger partial charge in [-0.2, -0.15) is 0 Å². The average molecular weight is 230 g/mol. The third-order valence-electron chi connectivity index (χ3n) is 2.14. The molecule has 0 aliphatic heterocycles. The summed E-state index contributed by atoms with van der Waals surface area (Å²) in [5, 5.41) is 12.6. The summed E-state index contributed by atoms with van der Waals surface area (Å²) in [5.41, 5.74) is 1.07. The molecular weight excluding hydrogens is 214 g/mol. The number of halogens is 1. The van der Waals surface area contributed by atoms with Crippen molar-refractivity contribution in [1.82, 2.24) is 5.32 Å². The highest BCUT2D eigenvalue weighted by Gasteiger charge is 2.03. The van der Waals surface area contributed by atoms with Crippen LogP contribution in [0.1, 0.15) is 12.5 Å². The Morgan fingerprint density at radius 1 is 1.53 bits per heavy atom. The normalized spacial score (nSPS) is 12.5. The fourth-order valence-corrected chi connectivity index (χ4v) is 1.46. The minimum absolute atomic E-state index is 0.0888. The molecule has 2 N–H and O–H groups in total. The Kier molecular flexibility index (Phi) is 4.88. The Labute approximate surface area is 95.0 Å². The SMILES string of the molecule is COc1ccc(CN[C@H](C)CO)cc1Cl. The van der Waals surface area contributed by atoms with Gasteiger partial charge in [-0.25, -0.2) is 0 Å². The van der Waals surface area contributed by atoms with Gasteiger partial charge in [0.1, 0.15) is 5.75 Å². The molecule has 0 spiro atoms. The molecule has 0 aliphatic carbocycles. The van der Waals surface area contributed by atoms with E-state index in [-0.39, 0.29) is 12.6 Å². The molecule has 0 unspecified atom stereocenters. The predicted octanol–water partition coefficient (Wildman–Crippen LogP) is 1.82. The van der Waals surface area contributed by atoms with Crippen LogP contribution in [-0.4, -0.2) is 24.9 Å². The molecule has 0 aromatic heterocycles. The zero-order chi connectivity index (χ0) is 11.3. The Balaban J connectivity index is 2.59. The number of aliphatic hydroxyl groups is 1. The van der Waals surface area contributed by atoms with E-state index >= 15 is 0 Å². The third-order valence-corrected chi connectivity index (χ3v) is 2.44. The Morgan fingerprint density at radius 3 is 2.80 bits per heavy atom. The maximum Gasteiger partial charge on any atom is 0.137 e. The fourth-order valence-electron chi connectivity index (χ4n) is 1.18. The minimum Gasteiger partial charge on any atom is -0.495 e. The largest absolute Gasteiger partial charge is 0.495 e. The number of ether oxygens (including phenoxy) is 1. The lowest BCUT2D eigenvalue weighted by molar-refractivity contribution is 0.251. The van der Waals surface area contributed by atoms with Gasteiger partial charge in [0.15, 0.2) is 0 Å². The first-order chi connectivity index (χ1) is 7.17. The van der Waals surface area contributed by atoms with Crippen LogP contribution in [-0.2, 0) is 6.54 Å². The summed E-state index contributed by atoms with van der Waals surface area (Å²) < 4.78 is 5.05. The van der Waals surface area contributed by atoms with E-state index in [0.717, 1.165) is 5.56 Å². The Morgan fingerprint density at radius 2 is 2.27 bits per heavy atom. The predicted molar refractivity (Wildman–Crippen MR) is 61.4 cm³/mol. The lowest BCUT2D eigenvalue weighted by atomic mass is 10.2. The van der Waals surface area contributed by atoms with E-state index in [9.17, 15) is 0 Å². The zero-order valence-corrected chi connectivity index (χ0v) is 9.71. The number of hydrogen-bond donors (Lipinski definition) is 2. The maximum absolute atomic E-state index is 8.84. The molecule has 0 radical (unpaired) electrons. The smallest absolute Gasteiger partial charge is 0.137 e. The van der Waals surface area contributed by atoms with E-state index in [2.05, 4.69) is 5.32 Å². The van der Waals surface area contributed by atoms with E-state index in [0.29, 0.717) is 17.3 Å². The van der Waals surface area contributed by atoms with Crippen LogP contribution >= 0.6 is 11.6 Å². The molecule has 84 valence electrons. The molecule has 15 heavy (non-hydrogen) atoms. The third kappa shape index (κ3) is 3.70. The van der Waals surface area contributed by atoms with Gasteiger partial charge in [-0.05, 0) is 24.6 Å². The first-order valence-electron chi connectivity index (χ1n) is 4.84. The van der Waals surface area contributed by atoms with Crippen LogP contribution in [0.15, 0.2) is 18.2 Å². The number of hydrogen-bond acceptors (Lipinski definition) is 3. The molecule has 1 aromatic rings. The molecule has 0 fully saturated rings. The van der Waals surface area contributed by atoms with Gasteiger partial charge < -0.3 is 15.2 Å². The lowest BCUT2D eigenvalue weighted by Gasteiger charge is -2.11. The van der Waals surface area contributed by atoms with Crippen molar-refractivity contribution in [2.24, 2.45) is 0 Å². The maximum atomic E-state index is 8.84. The van der Waals surface area contributed by atoms with E-state index in [4.69, 9.17) is 21.4 Å². The first kappa shape index (κ1) is 12.3. The summed E-state index contributed by atoms with van der Waals surface area (Å²) in [6.45, 7) is 2.74. The average Bonchev–Trinajstić information content (AvgIpc) is 2.26. The molecule has 3 nitrogen and oxygen atoms in total. The number of nitrogens with one attached hydrogen (secondary N) is 1. The molecule has 4 heteroatoms. The standard InChI is InChI=1S/C11H16ClNO2/c1-8(7-14)13-6-9-3-4-11(15-2)10(12)5-9/h3-5,8,13-14H,6-7H2,1-2H3/t8-/m1/s1. The zero-order valence-electron chi connectivity index (χ0n) is 8.96. The van der Waals surface area contributed by atoms with Crippen molar-refractivity contribution in [1.29, 1.82) is 0 Å². The van der Waals surface area contributed by atoms with Crippen molar-refractivity contribution < 1.29 is 9.84 Å². The monoisotopic (exact) mass is 229 g/mol. The van der Waals surface area contributed by atoms with Gasteiger partial charge in [0.25, 0.3) is 0 Å². The van der Waals surface area contributed by atoms with Crippen molar-refractivity contribution in [3.63, 3.8) is 0 Å².